The summed E-state index contributed by atoms with van der Waals surface area (Å²) in [6, 6.07) is 4.23. The lowest BCUT2D eigenvalue weighted by molar-refractivity contribution is -0.151. The molecule has 1 aromatic carbocycles. The number of carboxylic acids is 1. The van der Waals surface area contributed by atoms with Gasteiger partial charge < -0.3 is 10.4 Å². The number of carbonyl (C=O) groups is 2. The van der Waals surface area contributed by atoms with Crippen LogP contribution in [-0.4, -0.2) is 17.0 Å². The maximum atomic E-state index is 13.2. The number of hydrogen-bond donors (Lipinski definition) is 2. The molecule has 0 saturated heterocycles. The van der Waals surface area contributed by atoms with Crippen molar-refractivity contribution in [2.45, 2.75) is 12.8 Å². The van der Waals surface area contributed by atoms with Gasteiger partial charge in [0.05, 0.1) is 16.3 Å². The van der Waals surface area contributed by atoms with Crippen molar-refractivity contribution in [1.29, 1.82) is 0 Å². The van der Waals surface area contributed by atoms with Crippen LogP contribution < -0.4 is 5.32 Å². The summed E-state index contributed by atoms with van der Waals surface area (Å²) in [6.07, 6.45) is 1.07. The first-order valence-electron chi connectivity index (χ1n) is 5.48. The van der Waals surface area contributed by atoms with Crippen LogP contribution in [-0.2, 0) is 9.59 Å². The van der Waals surface area contributed by atoms with Crippen molar-refractivity contribution >= 4 is 33.5 Å². The topological polar surface area (TPSA) is 66.4 Å². The molecule has 1 aliphatic carbocycles. The summed E-state index contributed by atoms with van der Waals surface area (Å²) in [5.41, 5.74) is 0.330. The minimum Gasteiger partial charge on any atom is -0.481 e. The van der Waals surface area contributed by atoms with Gasteiger partial charge in [0.1, 0.15) is 5.82 Å². The third-order valence-electron chi connectivity index (χ3n) is 3.12. The van der Waals surface area contributed by atoms with Crippen LogP contribution in [0, 0.1) is 17.7 Å². The molecular formula is C12H11BrFNO3. The Labute approximate surface area is 111 Å². The molecule has 2 N–H and O–H groups in total. The van der Waals surface area contributed by atoms with Gasteiger partial charge in [-0.2, -0.15) is 0 Å². The lowest BCUT2D eigenvalue weighted by atomic mass is 9.73. The Hall–Kier alpha value is -1.43. The summed E-state index contributed by atoms with van der Waals surface area (Å²) in [4.78, 5) is 22.6. The first-order chi connectivity index (χ1) is 8.49. The fourth-order valence-corrected chi connectivity index (χ4v) is 2.16. The molecule has 2 rings (SSSR count). The van der Waals surface area contributed by atoms with E-state index in [9.17, 15) is 14.0 Å². The van der Waals surface area contributed by atoms with E-state index in [0.29, 0.717) is 23.0 Å². The molecule has 0 spiro atoms. The van der Waals surface area contributed by atoms with E-state index >= 15 is 0 Å². The second-order valence-corrected chi connectivity index (χ2v) is 5.10. The van der Waals surface area contributed by atoms with E-state index in [1.165, 1.54) is 12.1 Å². The smallest absolute Gasteiger partial charge is 0.307 e. The summed E-state index contributed by atoms with van der Waals surface area (Å²) in [7, 11) is 0. The minimum absolute atomic E-state index is 0.313. The highest BCUT2D eigenvalue weighted by molar-refractivity contribution is 9.10. The molecule has 1 amide bonds. The number of nitrogens with one attached hydrogen (secondary N) is 1. The normalized spacial score (nSPS) is 22.1. The summed E-state index contributed by atoms with van der Waals surface area (Å²) < 4.78 is 13.6. The SMILES string of the molecule is O=C(O)C1CCC1C(=O)Nc1ccc(Br)c(F)c1. The van der Waals surface area contributed by atoms with E-state index in [-0.39, 0.29) is 5.91 Å². The molecule has 96 valence electrons. The number of halogens is 2. The number of amides is 1. The van der Waals surface area contributed by atoms with E-state index in [4.69, 9.17) is 5.11 Å². The van der Waals surface area contributed by atoms with Crippen LogP contribution in [0.15, 0.2) is 22.7 Å². The minimum atomic E-state index is -0.955. The van der Waals surface area contributed by atoms with Gasteiger partial charge in [-0.25, -0.2) is 4.39 Å². The summed E-state index contributed by atoms with van der Waals surface area (Å²) in [5, 5.41) is 11.4. The maximum absolute atomic E-state index is 13.2. The first kappa shape index (κ1) is 13.0. The summed E-state index contributed by atoms with van der Waals surface area (Å²) in [5.74, 6) is -2.94. The van der Waals surface area contributed by atoms with Crippen LogP contribution in [0.1, 0.15) is 12.8 Å². The Morgan fingerprint density at radius 2 is 2.00 bits per heavy atom. The van der Waals surface area contributed by atoms with Crippen LogP contribution in [0.3, 0.4) is 0 Å². The molecule has 4 nitrogen and oxygen atoms in total. The fraction of sp³-hybridized carbons (Fsp3) is 0.333. The van der Waals surface area contributed by atoms with Gasteiger partial charge in [0.15, 0.2) is 0 Å². The third kappa shape index (κ3) is 2.53. The Morgan fingerprint density at radius 1 is 1.33 bits per heavy atom. The van der Waals surface area contributed by atoms with Crippen LogP contribution in [0.2, 0.25) is 0 Å². The first-order valence-corrected chi connectivity index (χ1v) is 6.27. The Morgan fingerprint density at radius 3 is 2.50 bits per heavy atom. The molecule has 2 atom stereocenters. The standard InChI is InChI=1S/C12H11BrFNO3/c13-9-4-1-6(5-10(9)14)15-11(16)7-2-3-8(7)12(17)18/h1,4-5,7-8H,2-3H2,(H,15,16)(H,17,18). The molecule has 1 aliphatic rings. The predicted molar refractivity (Wildman–Crippen MR) is 66.6 cm³/mol. The third-order valence-corrected chi connectivity index (χ3v) is 3.76. The Bertz CT molecular complexity index is 506. The zero-order valence-electron chi connectivity index (χ0n) is 9.32. The Balaban J connectivity index is 2.03. The average molecular weight is 316 g/mol. The number of benzene rings is 1. The lowest BCUT2D eigenvalue weighted by Crippen LogP contribution is -2.41. The number of aliphatic carboxylic acids is 1. The zero-order valence-corrected chi connectivity index (χ0v) is 10.9. The van der Waals surface area contributed by atoms with Crippen molar-refractivity contribution in [1.82, 2.24) is 0 Å². The highest BCUT2D eigenvalue weighted by atomic mass is 79.9. The highest BCUT2D eigenvalue weighted by Crippen LogP contribution is 2.35. The summed E-state index contributed by atoms with van der Waals surface area (Å²) in [6.45, 7) is 0. The van der Waals surface area contributed by atoms with E-state index in [1.807, 2.05) is 0 Å². The zero-order chi connectivity index (χ0) is 13.3. The predicted octanol–water partition coefficient (Wildman–Crippen LogP) is 2.64. The number of carbonyl (C=O) groups excluding carboxylic acids is 1. The largest absolute Gasteiger partial charge is 0.481 e. The number of anilines is 1. The van der Waals surface area contributed by atoms with Gasteiger partial charge >= 0.3 is 5.97 Å². The molecule has 0 aromatic heterocycles. The molecule has 2 unspecified atom stereocenters. The van der Waals surface area contributed by atoms with E-state index in [0.717, 1.165) is 0 Å². The van der Waals surface area contributed by atoms with Crippen molar-refractivity contribution in [3.8, 4) is 0 Å². The fourth-order valence-electron chi connectivity index (χ4n) is 1.92. The molecule has 0 bridgehead atoms. The van der Waals surface area contributed by atoms with Crippen LogP contribution in [0.4, 0.5) is 10.1 Å². The summed E-state index contributed by atoms with van der Waals surface area (Å²) >= 11 is 3.01. The van der Waals surface area contributed by atoms with Gasteiger partial charge in [-0.1, -0.05) is 0 Å². The quantitative estimate of drug-likeness (QED) is 0.901. The van der Waals surface area contributed by atoms with Crippen LogP contribution in [0.5, 0.6) is 0 Å². The molecule has 1 saturated carbocycles. The second-order valence-electron chi connectivity index (χ2n) is 4.25. The molecule has 18 heavy (non-hydrogen) atoms. The van der Waals surface area contributed by atoms with E-state index < -0.39 is 23.6 Å². The van der Waals surface area contributed by atoms with Gasteiger partial charge in [-0.15, -0.1) is 0 Å². The maximum Gasteiger partial charge on any atom is 0.307 e. The molecule has 0 heterocycles. The van der Waals surface area contributed by atoms with Crippen molar-refractivity contribution in [2.24, 2.45) is 11.8 Å². The molecule has 0 aliphatic heterocycles. The van der Waals surface area contributed by atoms with Gasteiger partial charge in [0.25, 0.3) is 0 Å². The van der Waals surface area contributed by atoms with Crippen molar-refractivity contribution in [3.05, 3.63) is 28.5 Å². The molecular weight excluding hydrogens is 305 g/mol. The van der Waals surface area contributed by atoms with Gasteiger partial charge in [-0.3, -0.25) is 9.59 Å². The van der Waals surface area contributed by atoms with Crippen LogP contribution in [0.25, 0.3) is 0 Å². The molecule has 1 aromatic rings. The molecule has 0 radical (unpaired) electrons. The Kier molecular flexibility index (Phi) is 3.65. The average Bonchev–Trinajstić information content (AvgIpc) is 2.20. The van der Waals surface area contributed by atoms with Crippen LogP contribution >= 0.6 is 15.9 Å². The van der Waals surface area contributed by atoms with Crippen molar-refractivity contribution < 1.29 is 19.1 Å². The van der Waals surface area contributed by atoms with E-state index in [1.54, 1.807) is 6.07 Å². The van der Waals surface area contributed by atoms with Crippen molar-refractivity contribution in [2.75, 3.05) is 5.32 Å². The molecule has 1 fully saturated rings. The molecule has 6 heteroatoms. The lowest BCUT2D eigenvalue weighted by Gasteiger charge is -2.31. The van der Waals surface area contributed by atoms with Gasteiger partial charge in [-0.05, 0) is 47.0 Å². The second kappa shape index (κ2) is 5.06. The van der Waals surface area contributed by atoms with Crippen molar-refractivity contribution in [3.63, 3.8) is 0 Å². The number of rotatable bonds is 3. The van der Waals surface area contributed by atoms with Gasteiger partial charge in [0, 0.05) is 5.69 Å². The number of carboxylic acid groups (broad SMARTS) is 1. The van der Waals surface area contributed by atoms with E-state index in [2.05, 4.69) is 21.2 Å². The monoisotopic (exact) mass is 315 g/mol. The highest BCUT2D eigenvalue weighted by Gasteiger charge is 2.41. The van der Waals surface area contributed by atoms with Gasteiger partial charge in [0.2, 0.25) is 5.91 Å². The number of hydrogen-bond acceptors (Lipinski definition) is 2.